The Hall–Kier alpha value is -1.40. The van der Waals surface area contributed by atoms with Gasteiger partial charge in [-0.25, -0.2) is 4.85 Å². The van der Waals surface area contributed by atoms with Crippen LogP contribution < -0.4 is 4.90 Å². The van der Waals surface area contributed by atoms with Gasteiger partial charge < -0.3 is 9.80 Å². The molecule has 0 radical (unpaired) electrons. The van der Waals surface area contributed by atoms with Crippen molar-refractivity contribution >= 4 is 36.3 Å². The van der Waals surface area contributed by atoms with Gasteiger partial charge >= 0.3 is 35.0 Å². The van der Waals surface area contributed by atoms with Gasteiger partial charge in [0.1, 0.15) is 0 Å². The van der Waals surface area contributed by atoms with Gasteiger partial charge in [-0.3, -0.25) is 4.79 Å². The molecule has 7 heteroatoms. The zero-order valence-electron chi connectivity index (χ0n) is 26.0. The van der Waals surface area contributed by atoms with Crippen LogP contribution in [0.25, 0.3) is 4.85 Å². The van der Waals surface area contributed by atoms with Crippen molar-refractivity contribution in [3.05, 3.63) is 76.7 Å². The molecular formula is C34H48Cl2N3OPd-. The first-order valence-electron chi connectivity index (χ1n) is 14.9. The third-order valence-corrected chi connectivity index (χ3v) is 7.93. The molecule has 0 bridgehead atoms. The first-order chi connectivity index (χ1) is 19.5. The molecule has 2 aromatic carbocycles. The van der Waals surface area contributed by atoms with Crippen molar-refractivity contribution in [2.24, 2.45) is 0 Å². The van der Waals surface area contributed by atoms with Gasteiger partial charge in [0.25, 0.3) is 0 Å². The zero-order valence-corrected chi connectivity index (χ0v) is 29.1. The van der Waals surface area contributed by atoms with Crippen LogP contribution in [-0.4, -0.2) is 23.4 Å². The number of hydrogen-bond donors (Lipinski definition) is 0. The molecule has 4 nitrogen and oxygen atoms in total. The molecule has 230 valence electrons. The average Bonchev–Trinajstić information content (AvgIpc) is 3.34. The topological polar surface area (TPSA) is 27.9 Å². The Morgan fingerprint density at radius 2 is 1.22 bits per heavy atom. The summed E-state index contributed by atoms with van der Waals surface area (Å²) in [5.74, 6) is 1.89. The van der Waals surface area contributed by atoms with Crippen LogP contribution >= 0.6 is 19.1 Å². The summed E-state index contributed by atoms with van der Waals surface area (Å²) in [6.45, 7) is 27.3. The molecule has 1 saturated carbocycles. The number of halogens is 2. The van der Waals surface area contributed by atoms with E-state index >= 15 is 0 Å². The van der Waals surface area contributed by atoms with E-state index in [0.717, 1.165) is 11.4 Å². The molecule has 2 fully saturated rings. The third-order valence-electron chi connectivity index (χ3n) is 7.93. The second kappa shape index (κ2) is 17.7. The molecule has 0 spiro atoms. The van der Waals surface area contributed by atoms with Crippen LogP contribution in [-0.2, 0) is 20.7 Å². The van der Waals surface area contributed by atoms with Crippen molar-refractivity contribution in [1.29, 1.82) is 0 Å². The molecule has 1 aliphatic heterocycles. The van der Waals surface area contributed by atoms with Gasteiger partial charge in [0, 0.05) is 5.69 Å². The number of carbonyl (C=O) groups excluding carboxylic acids is 1. The van der Waals surface area contributed by atoms with Crippen LogP contribution in [0.3, 0.4) is 0 Å². The fraction of sp³-hybridized carbons (Fsp3) is 0.559. The van der Waals surface area contributed by atoms with Gasteiger partial charge in [-0.2, -0.15) is 6.67 Å². The SMILES string of the molecule is CC(C)c1cccc(C(C)C)c1N1[CH-]N(C2CCCCC2)CC1=O.[C-]#[N+]c1c(C(C)C)cccc1C(C)C.[Cl][Pd][Cl]. The number of anilines is 1. The molecule has 1 heterocycles. The van der Waals surface area contributed by atoms with E-state index in [1.807, 2.05) is 4.90 Å². The predicted molar refractivity (Wildman–Crippen MR) is 173 cm³/mol. The molecule has 2 aromatic rings. The fourth-order valence-corrected chi connectivity index (χ4v) is 5.74. The summed E-state index contributed by atoms with van der Waals surface area (Å²) in [7, 11) is 9.63. The molecule has 0 unspecified atom stereocenters. The van der Waals surface area contributed by atoms with Crippen LogP contribution in [0.1, 0.15) is 133 Å². The van der Waals surface area contributed by atoms with E-state index in [9.17, 15) is 4.79 Å². The monoisotopic (exact) mass is 690 g/mol. The van der Waals surface area contributed by atoms with Gasteiger partial charge in [0.05, 0.1) is 13.1 Å². The summed E-state index contributed by atoms with van der Waals surface area (Å²) < 4.78 is 0. The summed E-state index contributed by atoms with van der Waals surface area (Å²) in [5, 5.41) is 0. The zero-order chi connectivity index (χ0) is 30.7. The second-order valence-corrected chi connectivity index (χ2v) is 14.5. The minimum atomic E-state index is -0.106. The molecular weight excluding hydrogens is 644 g/mol. The molecule has 0 N–H and O–H groups in total. The molecule has 1 saturated heterocycles. The van der Waals surface area contributed by atoms with E-state index in [1.54, 1.807) is 0 Å². The number of rotatable bonds is 6. The average molecular weight is 692 g/mol. The number of carbonyl (C=O) groups is 1. The quantitative estimate of drug-likeness (QED) is 0.223. The standard InChI is InChI=1S/C21H31N2O.C13H17N.2ClH.Pd/c1-15(2)18-11-8-12-19(16(3)4)21(18)23-14-22(13-20(23)24)17-9-6-5-7-10-17;1-9(2)11-7-6-8-12(10(3)4)13(11)14-5;;;/h8,11-12,14-17H,5-7,9-10,13H2,1-4H3;6-10H,1-4H3;2*1H;/q-1;;;;+2/p-2. The Morgan fingerprint density at radius 1 is 0.805 bits per heavy atom. The van der Waals surface area contributed by atoms with Crippen molar-refractivity contribution < 1.29 is 20.7 Å². The van der Waals surface area contributed by atoms with E-state index < -0.39 is 0 Å². The maximum atomic E-state index is 12.8. The van der Waals surface area contributed by atoms with E-state index in [1.165, 1.54) is 54.4 Å². The summed E-state index contributed by atoms with van der Waals surface area (Å²) in [4.78, 5) is 20.7. The van der Waals surface area contributed by atoms with Gasteiger partial charge in [0.15, 0.2) is 5.69 Å². The summed E-state index contributed by atoms with van der Waals surface area (Å²) in [6, 6.07) is 13.2. The van der Waals surface area contributed by atoms with E-state index in [4.69, 9.17) is 25.6 Å². The molecule has 1 amide bonds. The van der Waals surface area contributed by atoms with Crippen molar-refractivity contribution in [2.45, 2.75) is 117 Å². The predicted octanol–water partition coefficient (Wildman–Crippen LogP) is 10.9. The Morgan fingerprint density at radius 3 is 1.61 bits per heavy atom. The Balaban J connectivity index is 0.000000294. The molecule has 4 rings (SSSR count). The number of amides is 1. The Kier molecular flexibility index (Phi) is 15.4. The molecule has 0 atom stereocenters. The van der Waals surface area contributed by atoms with Gasteiger partial charge in [-0.1, -0.05) is 111 Å². The molecule has 1 aliphatic carbocycles. The summed E-state index contributed by atoms with van der Waals surface area (Å²) in [5.41, 5.74) is 6.88. The maximum absolute atomic E-state index is 12.8. The number of hydrogen-bond acceptors (Lipinski definition) is 2. The van der Waals surface area contributed by atoms with Crippen molar-refractivity contribution in [3.63, 3.8) is 0 Å². The van der Waals surface area contributed by atoms with Gasteiger partial charge in [-0.15, -0.1) is 0 Å². The van der Waals surface area contributed by atoms with E-state index in [2.05, 4.69) is 108 Å². The van der Waals surface area contributed by atoms with Crippen molar-refractivity contribution in [1.82, 2.24) is 4.90 Å². The second-order valence-electron chi connectivity index (χ2n) is 12.2. The Labute approximate surface area is 266 Å². The van der Waals surface area contributed by atoms with E-state index in [0.29, 0.717) is 36.3 Å². The van der Waals surface area contributed by atoms with Crippen molar-refractivity contribution in [3.8, 4) is 0 Å². The first kappa shape index (κ1) is 35.8. The van der Waals surface area contributed by atoms with E-state index in [-0.39, 0.29) is 21.8 Å². The molecule has 2 aliphatic rings. The van der Waals surface area contributed by atoms with Crippen LogP contribution in [0.2, 0.25) is 0 Å². The van der Waals surface area contributed by atoms with Crippen LogP contribution in [0.4, 0.5) is 11.4 Å². The Bertz CT molecular complexity index is 1100. The van der Waals surface area contributed by atoms with Crippen molar-refractivity contribution in [2.75, 3.05) is 11.4 Å². The number of benzene rings is 2. The van der Waals surface area contributed by atoms with Crippen LogP contribution in [0, 0.1) is 13.2 Å². The molecule has 0 aromatic heterocycles. The number of nitrogens with zero attached hydrogens (tertiary/aromatic N) is 3. The fourth-order valence-electron chi connectivity index (χ4n) is 5.74. The first-order valence-corrected chi connectivity index (χ1v) is 18.9. The third kappa shape index (κ3) is 9.81. The minimum absolute atomic E-state index is 0.106. The van der Waals surface area contributed by atoms with Gasteiger partial charge in [-0.05, 0) is 64.8 Å². The normalized spacial score (nSPS) is 16.2. The van der Waals surface area contributed by atoms with Gasteiger partial charge in [0.2, 0.25) is 5.91 Å². The van der Waals surface area contributed by atoms with Crippen LogP contribution in [0.5, 0.6) is 0 Å². The van der Waals surface area contributed by atoms with Crippen LogP contribution in [0.15, 0.2) is 36.4 Å². The molecule has 41 heavy (non-hydrogen) atoms. The summed E-state index contributed by atoms with van der Waals surface area (Å²) in [6.07, 6.45) is 6.38. The number of para-hydroxylation sites is 2. The summed E-state index contributed by atoms with van der Waals surface area (Å²) >= 11 is -0.106.